The summed E-state index contributed by atoms with van der Waals surface area (Å²) >= 11 is 3.39. The molecule has 0 aromatic carbocycles. The van der Waals surface area contributed by atoms with Gasteiger partial charge in [-0.1, -0.05) is 0 Å². The standard InChI is InChI=1S/C13H14BrN3O3/c14-9-5-8-6-13(11(18)16-10(8)15-7-9)1-3-17(4-2-13)12(19)20/h5,7H,1-4,6H2,(H,19,20)(H,15,16,18). The average molecular weight is 340 g/mol. The fourth-order valence-corrected chi connectivity index (χ4v) is 3.32. The average Bonchev–Trinajstić information content (AvgIpc) is 2.41. The minimum Gasteiger partial charge on any atom is -0.465 e. The van der Waals surface area contributed by atoms with Crippen molar-refractivity contribution in [1.82, 2.24) is 9.88 Å². The van der Waals surface area contributed by atoms with Gasteiger partial charge in [0.05, 0.1) is 5.41 Å². The number of halogens is 1. The van der Waals surface area contributed by atoms with Crippen molar-refractivity contribution in [3.63, 3.8) is 0 Å². The first kappa shape index (κ1) is 13.4. The van der Waals surface area contributed by atoms with Gasteiger partial charge in [-0.05, 0) is 46.8 Å². The number of amides is 2. The van der Waals surface area contributed by atoms with Gasteiger partial charge in [-0.25, -0.2) is 9.78 Å². The van der Waals surface area contributed by atoms with Crippen molar-refractivity contribution in [2.75, 3.05) is 18.4 Å². The number of fused-ring (bicyclic) bond motifs is 1. The van der Waals surface area contributed by atoms with Gasteiger partial charge in [-0.3, -0.25) is 4.79 Å². The molecule has 20 heavy (non-hydrogen) atoms. The molecule has 0 aliphatic carbocycles. The molecule has 2 aliphatic rings. The molecule has 106 valence electrons. The lowest BCUT2D eigenvalue weighted by Crippen LogP contribution is -2.51. The lowest BCUT2D eigenvalue weighted by Gasteiger charge is -2.42. The predicted octanol–water partition coefficient (Wildman–Crippen LogP) is 2.10. The van der Waals surface area contributed by atoms with Gasteiger partial charge in [-0.15, -0.1) is 0 Å². The summed E-state index contributed by atoms with van der Waals surface area (Å²) in [5.41, 5.74) is 0.504. The highest BCUT2D eigenvalue weighted by atomic mass is 79.9. The second-order valence-electron chi connectivity index (χ2n) is 5.34. The Hall–Kier alpha value is -1.63. The molecule has 2 amide bonds. The van der Waals surface area contributed by atoms with Gasteiger partial charge in [0.25, 0.3) is 0 Å². The SMILES string of the molecule is O=C(O)N1CCC2(CC1)Cc1cc(Br)cnc1NC2=O. The Balaban J connectivity index is 1.85. The first-order chi connectivity index (χ1) is 9.50. The topological polar surface area (TPSA) is 82.5 Å². The highest BCUT2D eigenvalue weighted by molar-refractivity contribution is 9.10. The Morgan fingerprint density at radius 1 is 1.45 bits per heavy atom. The third kappa shape index (κ3) is 2.15. The summed E-state index contributed by atoms with van der Waals surface area (Å²) < 4.78 is 0.880. The summed E-state index contributed by atoms with van der Waals surface area (Å²) in [6.07, 6.45) is 2.47. The van der Waals surface area contributed by atoms with Crippen molar-refractivity contribution >= 4 is 33.7 Å². The molecule has 1 fully saturated rings. The van der Waals surface area contributed by atoms with Gasteiger partial charge >= 0.3 is 6.09 Å². The minimum absolute atomic E-state index is 0.0372. The van der Waals surface area contributed by atoms with E-state index in [1.807, 2.05) is 6.07 Å². The van der Waals surface area contributed by atoms with Crippen LogP contribution in [0.5, 0.6) is 0 Å². The summed E-state index contributed by atoms with van der Waals surface area (Å²) in [7, 11) is 0. The molecular weight excluding hydrogens is 326 g/mol. The van der Waals surface area contributed by atoms with Crippen LogP contribution in [0.4, 0.5) is 10.6 Å². The number of hydrogen-bond acceptors (Lipinski definition) is 3. The number of carboxylic acid groups (broad SMARTS) is 1. The third-order valence-electron chi connectivity index (χ3n) is 4.17. The van der Waals surface area contributed by atoms with E-state index in [0.29, 0.717) is 38.2 Å². The van der Waals surface area contributed by atoms with Crippen LogP contribution < -0.4 is 5.32 Å². The van der Waals surface area contributed by atoms with Gasteiger partial charge in [0.1, 0.15) is 5.82 Å². The zero-order chi connectivity index (χ0) is 14.3. The van der Waals surface area contributed by atoms with E-state index in [2.05, 4.69) is 26.2 Å². The molecule has 2 aliphatic heterocycles. The lowest BCUT2D eigenvalue weighted by molar-refractivity contribution is -0.128. The van der Waals surface area contributed by atoms with Crippen LogP contribution in [0.25, 0.3) is 0 Å². The maximum absolute atomic E-state index is 12.4. The van der Waals surface area contributed by atoms with Crippen molar-refractivity contribution in [2.45, 2.75) is 19.3 Å². The van der Waals surface area contributed by atoms with E-state index < -0.39 is 11.5 Å². The molecule has 0 unspecified atom stereocenters. The fourth-order valence-electron chi connectivity index (χ4n) is 2.94. The van der Waals surface area contributed by atoms with Crippen molar-refractivity contribution in [1.29, 1.82) is 0 Å². The second kappa shape index (κ2) is 4.73. The van der Waals surface area contributed by atoms with Gasteiger partial charge < -0.3 is 15.3 Å². The number of hydrogen-bond donors (Lipinski definition) is 2. The van der Waals surface area contributed by atoms with Crippen LogP contribution in [0.3, 0.4) is 0 Å². The van der Waals surface area contributed by atoms with Gasteiger partial charge in [-0.2, -0.15) is 0 Å². The van der Waals surface area contributed by atoms with E-state index in [9.17, 15) is 9.59 Å². The Kier molecular flexibility index (Phi) is 3.16. The van der Waals surface area contributed by atoms with Crippen molar-refractivity contribution in [3.05, 3.63) is 22.3 Å². The molecule has 3 heterocycles. The number of piperidine rings is 1. The Morgan fingerprint density at radius 2 is 2.15 bits per heavy atom. The van der Waals surface area contributed by atoms with E-state index in [4.69, 9.17) is 5.11 Å². The van der Waals surface area contributed by atoms with Crippen LogP contribution in [0.1, 0.15) is 18.4 Å². The second-order valence-corrected chi connectivity index (χ2v) is 6.26. The number of nitrogens with one attached hydrogen (secondary N) is 1. The summed E-state index contributed by atoms with van der Waals surface area (Å²) in [5, 5.41) is 11.8. The van der Waals surface area contributed by atoms with Crippen molar-refractivity contribution in [3.8, 4) is 0 Å². The molecule has 1 aromatic heterocycles. The molecule has 0 saturated carbocycles. The number of carbonyl (C=O) groups is 2. The minimum atomic E-state index is -0.916. The molecule has 6 nitrogen and oxygen atoms in total. The number of likely N-dealkylation sites (tertiary alicyclic amines) is 1. The number of carbonyl (C=O) groups excluding carboxylic acids is 1. The zero-order valence-corrected chi connectivity index (χ0v) is 12.3. The maximum Gasteiger partial charge on any atom is 0.407 e. The molecule has 7 heteroatoms. The number of nitrogens with zero attached hydrogens (tertiary/aromatic N) is 2. The van der Waals surface area contributed by atoms with E-state index >= 15 is 0 Å². The molecule has 1 saturated heterocycles. The molecule has 1 aromatic rings. The molecule has 1 spiro atoms. The Labute approximate surface area is 124 Å². The van der Waals surface area contributed by atoms with Crippen LogP contribution in [0, 0.1) is 5.41 Å². The summed E-state index contributed by atoms with van der Waals surface area (Å²) in [6, 6.07) is 1.97. The Morgan fingerprint density at radius 3 is 2.80 bits per heavy atom. The Bertz CT molecular complexity index is 582. The first-order valence-corrected chi connectivity index (χ1v) is 7.23. The number of aromatic nitrogens is 1. The van der Waals surface area contributed by atoms with Gasteiger partial charge in [0.15, 0.2) is 0 Å². The monoisotopic (exact) mass is 339 g/mol. The molecular formula is C13H14BrN3O3. The quantitative estimate of drug-likeness (QED) is 0.758. The van der Waals surface area contributed by atoms with Crippen LogP contribution >= 0.6 is 15.9 Å². The van der Waals surface area contributed by atoms with E-state index in [1.165, 1.54) is 4.90 Å². The molecule has 3 rings (SSSR count). The summed E-state index contributed by atoms with van der Waals surface area (Å²) in [5.74, 6) is 0.578. The normalized spacial score (nSPS) is 20.4. The van der Waals surface area contributed by atoms with Crippen LogP contribution in [0.2, 0.25) is 0 Å². The van der Waals surface area contributed by atoms with Crippen LogP contribution in [-0.2, 0) is 11.2 Å². The molecule has 2 N–H and O–H groups in total. The molecule has 0 bridgehead atoms. The van der Waals surface area contributed by atoms with Crippen LogP contribution in [-0.4, -0.2) is 40.1 Å². The number of pyridine rings is 1. The van der Waals surface area contributed by atoms with E-state index in [1.54, 1.807) is 6.20 Å². The largest absolute Gasteiger partial charge is 0.465 e. The zero-order valence-electron chi connectivity index (χ0n) is 10.7. The number of anilines is 1. The van der Waals surface area contributed by atoms with E-state index in [0.717, 1.165) is 10.0 Å². The smallest absolute Gasteiger partial charge is 0.407 e. The fraction of sp³-hybridized carbons (Fsp3) is 0.462. The van der Waals surface area contributed by atoms with E-state index in [-0.39, 0.29) is 5.91 Å². The van der Waals surface area contributed by atoms with Crippen LogP contribution in [0.15, 0.2) is 16.7 Å². The predicted molar refractivity (Wildman–Crippen MR) is 75.5 cm³/mol. The highest BCUT2D eigenvalue weighted by Gasteiger charge is 2.45. The van der Waals surface area contributed by atoms with Crippen molar-refractivity contribution < 1.29 is 14.7 Å². The third-order valence-corrected chi connectivity index (χ3v) is 4.60. The molecule has 0 atom stereocenters. The lowest BCUT2D eigenvalue weighted by atomic mass is 9.71. The maximum atomic E-state index is 12.4. The highest BCUT2D eigenvalue weighted by Crippen LogP contribution is 2.41. The summed E-state index contributed by atoms with van der Waals surface area (Å²) in [4.78, 5) is 28.9. The molecule has 0 radical (unpaired) electrons. The summed E-state index contributed by atoms with van der Waals surface area (Å²) in [6.45, 7) is 0.805. The van der Waals surface area contributed by atoms with Gasteiger partial charge in [0, 0.05) is 23.8 Å². The van der Waals surface area contributed by atoms with Gasteiger partial charge in [0.2, 0.25) is 5.91 Å². The van der Waals surface area contributed by atoms with Crippen molar-refractivity contribution in [2.24, 2.45) is 5.41 Å². The first-order valence-electron chi connectivity index (χ1n) is 6.44. The number of rotatable bonds is 0.